The normalized spacial score (nSPS) is 26.9. The van der Waals surface area contributed by atoms with Crippen molar-refractivity contribution >= 4 is 0 Å². The van der Waals surface area contributed by atoms with Crippen molar-refractivity contribution in [3.8, 4) is 0 Å². The van der Waals surface area contributed by atoms with E-state index in [0.717, 1.165) is 5.56 Å². The molecule has 3 atom stereocenters. The molecule has 2 rings (SSSR count). The Bertz CT molecular complexity index is 314. The van der Waals surface area contributed by atoms with Gasteiger partial charge in [-0.3, -0.25) is 0 Å². The molecule has 1 aromatic carbocycles. The summed E-state index contributed by atoms with van der Waals surface area (Å²) in [6.45, 7) is 0.655. The molecular weight excluding hydrogens is 208 g/mol. The Morgan fingerprint density at radius 2 is 2.12 bits per heavy atom. The minimum Gasteiger partial charge on any atom is -0.391 e. The third-order valence-electron chi connectivity index (χ3n) is 2.58. The van der Waals surface area contributed by atoms with Crippen LogP contribution in [0.1, 0.15) is 18.3 Å². The third-order valence-corrected chi connectivity index (χ3v) is 2.58. The molecule has 0 spiro atoms. The standard InChI is InChI=1S/C12H16O4/c13-10-6-11(15-7-10)8-16-12(14)9-4-2-1-3-5-9/h1-5,10-14H,6-8H2/t10-,11-,12?/m0/s1. The first-order valence-corrected chi connectivity index (χ1v) is 5.40. The fourth-order valence-corrected chi connectivity index (χ4v) is 1.72. The van der Waals surface area contributed by atoms with Crippen molar-refractivity contribution in [2.45, 2.75) is 24.9 Å². The summed E-state index contributed by atoms with van der Waals surface area (Å²) in [6.07, 6.45) is -0.875. The first kappa shape index (κ1) is 11.5. The lowest BCUT2D eigenvalue weighted by Gasteiger charge is -2.15. The predicted octanol–water partition coefficient (Wildman–Crippen LogP) is 0.844. The van der Waals surface area contributed by atoms with E-state index in [-0.39, 0.29) is 6.10 Å². The minimum absolute atomic E-state index is 0.117. The highest BCUT2D eigenvalue weighted by atomic mass is 16.6. The average Bonchev–Trinajstić information content (AvgIpc) is 2.73. The van der Waals surface area contributed by atoms with E-state index >= 15 is 0 Å². The fourth-order valence-electron chi connectivity index (χ4n) is 1.72. The molecule has 1 unspecified atom stereocenters. The number of aliphatic hydroxyl groups is 2. The van der Waals surface area contributed by atoms with Gasteiger partial charge < -0.3 is 19.7 Å². The summed E-state index contributed by atoms with van der Waals surface area (Å²) in [4.78, 5) is 0. The maximum absolute atomic E-state index is 9.71. The summed E-state index contributed by atoms with van der Waals surface area (Å²) in [6, 6.07) is 9.17. The third kappa shape index (κ3) is 3.02. The fraction of sp³-hybridized carbons (Fsp3) is 0.500. The highest BCUT2D eigenvalue weighted by molar-refractivity contribution is 5.15. The molecule has 1 aliphatic rings. The summed E-state index contributed by atoms with van der Waals surface area (Å²) in [5.41, 5.74) is 0.723. The van der Waals surface area contributed by atoms with Crippen LogP contribution in [0.3, 0.4) is 0 Å². The molecule has 0 aromatic heterocycles. The second-order valence-corrected chi connectivity index (χ2v) is 3.94. The van der Waals surface area contributed by atoms with Crippen LogP contribution in [0.5, 0.6) is 0 Å². The minimum atomic E-state index is -0.928. The van der Waals surface area contributed by atoms with Crippen molar-refractivity contribution in [2.24, 2.45) is 0 Å². The van der Waals surface area contributed by atoms with Gasteiger partial charge in [0.15, 0.2) is 6.29 Å². The monoisotopic (exact) mass is 224 g/mol. The van der Waals surface area contributed by atoms with Crippen LogP contribution < -0.4 is 0 Å². The Hall–Kier alpha value is -0.940. The number of rotatable bonds is 4. The second kappa shape index (κ2) is 5.41. The van der Waals surface area contributed by atoms with Gasteiger partial charge in [-0.25, -0.2) is 0 Å². The SMILES string of the molecule is OC(OC[C@@H]1C[C@H](O)CO1)c1ccccc1. The van der Waals surface area contributed by atoms with Crippen LogP contribution in [0.4, 0.5) is 0 Å². The molecule has 1 heterocycles. The molecule has 0 saturated carbocycles. The van der Waals surface area contributed by atoms with Gasteiger partial charge in [-0.2, -0.15) is 0 Å². The van der Waals surface area contributed by atoms with Crippen LogP contribution in [0.2, 0.25) is 0 Å². The van der Waals surface area contributed by atoms with Crippen LogP contribution in [0.25, 0.3) is 0 Å². The zero-order valence-electron chi connectivity index (χ0n) is 8.95. The molecule has 0 aliphatic carbocycles. The van der Waals surface area contributed by atoms with Crippen LogP contribution in [-0.4, -0.2) is 35.6 Å². The van der Waals surface area contributed by atoms with Gasteiger partial charge in [0.2, 0.25) is 0 Å². The molecular formula is C12H16O4. The Morgan fingerprint density at radius 3 is 2.75 bits per heavy atom. The van der Waals surface area contributed by atoms with Crippen LogP contribution >= 0.6 is 0 Å². The smallest absolute Gasteiger partial charge is 0.181 e. The van der Waals surface area contributed by atoms with E-state index < -0.39 is 12.4 Å². The molecule has 1 aromatic rings. The zero-order valence-corrected chi connectivity index (χ0v) is 8.95. The average molecular weight is 224 g/mol. The van der Waals surface area contributed by atoms with E-state index in [9.17, 15) is 10.2 Å². The summed E-state index contributed by atoms with van der Waals surface area (Å²) in [5, 5.41) is 18.9. The maximum atomic E-state index is 9.71. The van der Waals surface area contributed by atoms with E-state index in [0.29, 0.717) is 19.6 Å². The van der Waals surface area contributed by atoms with Crippen LogP contribution in [-0.2, 0) is 9.47 Å². The number of ether oxygens (including phenoxy) is 2. The van der Waals surface area contributed by atoms with Gasteiger partial charge in [0, 0.05) is 12.0 Å². The lowest BCUT2D eigenvalue weighted by molar-refractivity contribution is -0.127. The Kier molecular flexibility index (Phi) is 3.90. The largest absolute Gasteiger partial charge is 0.391 e. The Labute approximate surface area is 94.4 Å². The number of benzene rings is 1. The van der Waals surface area contributed by atoms with Crippen molar-refractivity contribution < 1.29 is 19.7 Å². The molecule has 1 fully saturated rings. The van der Waals surface area contributed by atoms with Gasteiger partial charge in [-0.05, 0) is 0 Å². The van der Waals surface area contributed by atoms with Gasteiger partial charge in [-0.1, -0.05) is 30.3 Å². The molecule has 0 radical (unpaired) electrons. The molecule has 4 nitrogen and oxygen atoms in total. The number of hydrogen-bond acceptors (Lipinski definition) is 4. The van der Waals surface area contributed by atoms with Gasteiger partial charge in [0.25, 0.3) is 0 Å². The lowest BCUT2D eigenvalue weighted by atomic mass is 10.2. The molecule has 16 heavy (non-hydrogen) atoms. The lowest BCUT2D eigenvalue weighted by Crippen LogP contribution is -2.17. The van der Waals surface area contributed by atoms with Crippen LogP contribution in [0.15, 0.2) is 30.3 Å². The van der Waals surface area contributed by atoms with E-state index in [4.69, 9.17) is 9.47 Å². The van der Waals surface area contributed by atoms with Gasteiger partial charge >= 0.3 is 0 Å². The first-order chi connectivity index (χ1) is 7.75. The predicted molar refractivity (Wildman–Crippen MR) is 57.7 cm³/mol. The maximum Gasteiger partial charge on any atom is 0.181 e. The second-order valence-electron chi connectivity index (χ2n) is 3.94. The van der Waals surface area contributed by atoms with Crippen LogP contribution in [0, 0.1) is 0 Å². The first-order valence-electron chi connectivity index (χ1n) is 5.40. The molecule has 2 N–H and O–H groups in total. The molecule has 0 bridgehead atoms. The van der Waals surface area contributed by atoms with E-state index in [2.05, 4.69) is 0 Å². The molecule has 4 heteroatoms. The molecule has 1 saturated heterocycles. The van der Waals surface area contributed by atoms with E-state index in [1.54, 1.807) is 12.1 Å². The summed E-state index contributed by atoms with van der Waals surface area (Å²) < 4.78 is 10.5. The summed E-state index contributed by atoms with van der Waals surface area (Å²) in [7, 11) is 0. The van der Waals surface area contributed by atoms with Gasteiger partial charge in [0.1, 0.15) is 0 Å². The van der Waals surface area contributed by atoms with Crippen molar-refractivity contribution in [1.29, 1.82) is 0 Å². The Balaban J connectivity index is 1.78. The van der Waals surface area contributed by atoms with Crippen molar-refractivity contribution in [3.63, 3.8) is 0 Å². The number of aliphatic hydroxyl groups excluding tert-OH is 2. The molecule has 1 aliphatic heterocycles. The highest BCUT2D eigenvalue weighted by Crippen LogP contribution is 2.18. The van der Waals surface area contributed by atoms with Crippen molar-refractivity contribution in [3.05, 3.63) is 35.9 Å². The van der Waals surface area contributed by atoms with E-state index in [1.165, 1.54) is 0 Å². The highest BCUT2D eigenvalue weighted by Gasteiger charge is 2.24. The quantitative estimate of drug-likeness (QED) is 0.744. The number of hydrogen-bond donors (Lipinski definition) is 2. The van der Waals surface area contributed by atoms with Crippen molar-refractivity contribution in [2.75, 3.05) is 13.2 Å². The summed E-state index contributed by atoms with van der Waals surface area (Å²) in [5.74, 6) is 0. The summed E-state index contributed by atoms with van der Waals surface area (Å²) >= 11 is 0. The Morgan fingerprint density at radius 1 is 1.38 bits per heavy atom. The van der Waals surface area contributed by atoms with E-state index in [1.807, 2.05) is 18.2 Å². The van der Waals surface area contributed by atoms with Gasteiger partial charge in [0.05, 0.1) is 25.4 Å². The van der Waals surface area contributed by atoms with Gasteiger partial charge in [-0.15, -0.1) is 0 Å². The molecule has 88 valence electrons. The molecule has 0 amide bonds. The topological polar surface area (TPSA) is 58.9 Å². The zero-order chi connectivity index (χ0) is 11.4. The van der Waals surface area contributed by atoms with Crippen molar-refractivity contribution in [1.82, 2.24) is 0 Å².